The number of rotatable bonds is 4. The Kier molecular flexibility index (Phi) is 3.41. The second-order valence-corrected chi connectivity index (χ2v) is 2.59. The van der Waals surface area contributed by atoms with Gasteiger partial charge in [0.1, 0.15) is 12.4 Å². The molecule has 15 heavy (non-hydrogen) atoms. The summed E-state index contributed by atoms with van der Waals surface area (Å²) in [6.45, 7) is 0.0126. The summed E-state index contributed by atoms with van der Waals surface area (Å²) in [5.41, 5.74) is -0.0513. The lowest BCUT2D eigenvalue weighted by atomic mass is 10.2. The quantitative estimate of drug-likeness (QED) is 0.322. The highest BCUT2D eigenvalue weighted by Gasteiger charge is 2.10. The van der Waals surface area contributed by atoms with Crippen LogP contribution in [0, 0.1) is 22.5 Å². The summed E-state index contributed by atoms with van der Waals surface area (Å²) in [5.74, 6) is 2.48. The number of ether oxygens (including phenoxy) is 1. The van der Waals surface area contributed by atoms with Crippen LogP contribution in [0.1, 0.15) is 10.4 Å². The van der Waals surface area contributed by atoms with Crippen LogP contribution in [0.5, 0.6) is 5.75 Å². The van der Waals surface area contributed by atoms with Crippen molar-refractivity contribution in [1.82, 2.24) is 0 Å². The number of non-ortho nitro benzene ring substituents is 1. The third kappa shape index (κ3) is 2.54. The van der Waals surface area contributed by atoms with E-state index in [1.54, 1.807) is 0 Å². The summed E-state index contributed by atoms with van der Waals surface area (Å²) in [4.78, 5) is 20.4. The fraction of sp³-hybridized carbons (Fsp3) is 0.100. The first-order valence-corrected chi connectivity index (χ1v) is 3.99. The van der Waals surface area contributed by atoms with Gasteiger partial charge in [-0.3, -0.25) is 14.9 Å². The molecule has 5 heteroatoms. The first kappa shape index (κ1) is 10.7. The molecule has 0 aliphatic carbocycles. The van der Waals surface area contributed by atoms with Gasteiger partial charge in [-0.05, 0) is 6.07 Å². The molecule has 0 spiro atoms. The van der Waals surface area contributed by atoms with Gasteiger partial charge in [0.05, 0.1) is 10.5 Å². The van der Waals surface area contributed by atoms with Crippen molar-refractivity contribution in [2.75, 3.05) is 6.61 Å². The van der Waals surface area contributed by atoms with Gasteiger partial charge in [-0.15, -0.1) is 6.42 Å². The highest BCUT2D eigenvalue weighted by Crippen LogP contribution is 2.22. The first-order chi connectivity index (χ1) is 7.19. The maximum absolute atomic E-state index is 10.6. The minimum Gasteiger partial charge on any atom is -0.480 e. The monoisotopic (exact) mass is 205 g/mol. The molecule has 0 heterocycles. The lowest BCUT2D eigenvalue weighted by Gasteiger charge is -2.04. The molecule has 1 rings (SSSR count). The van der Waals surface area contributed by atoms with Gasteiger partial charge in [0.15, 0.2) is 6.29 Å². The Morgan fingerprint density at radius 1 is 1.60 bits per heavy atom. The van der Waals surface area contributed by atoms with Gasteiger partial charge in [0.2, 0.25) is 0 Å². The van der Waals surface area contributed by atoms with Crippen molar-refractivity contribution >= 4 is 12.0 Å². The fourth-order valence-corrected chi connectivity index (χ4v) is 0.992. The molecule has 76 valence electrons. The highest BCUT2D eigenvalue weighted by atomic mass is 16.6. The van der Waals surface area contributed by atoms with E-state index in [0.29, 0.717) is 6.29 Å². The number of aldehydes is 1. The second kappa shape index (κ2) is 4.77. The Balaban J connectivity index is 3.04. The van der Waals surface area contributed by atoms with Crippen LogP contribution in [0.2, 0.25) is 0 Å². The summed E-state index contributed by atoms with van der Waals surface area (Å²) in [7, 11) is 0. The molecule has 0 unspecified atom stereocenters. The van der Waals surface area contributed by atoms with E-state index in [1.165, 1.54) is 12.1 Å². The molecule has 0 aliphatic heterocycles. The number of terminal acetylenes is 1. The molecular weight excluding hydrogens is 198 g/mol. The average Bonchev–Trinajstić information content (AvgIpc) is 2.25. The van der Waals surface area contributed by atoms with E-state index in [4.69, 9.17) is 11.2 Å². The molecule has 0 saturated heterocycles. The molecule has 0 N–H and O–H groups in total. The van der Waals surface area contributed by atoms with Crippen molar-refractivity contribution in [2.45, 2.75) is 0 Å². The summed E-state index contributed by atoms with van der Waals surface area (Å²) >= 11 is 0. The molecule has 1 aromatic rings. The van der Waals surface area contributed by atoms with E-state index >= 15 is 0 Å². The Morgan fingerprint density at radius 2 is 2.33 bits per heavy atom. The van der Waals surface area contributed by atoms with Crippen molar-refractivity contribution in [2.24, 2.45) is 0 Å². The zero-order valence-electron chi connectivity index (χ0n) is 7.67. The molecule has 1 aromatic carbocycles. The molecule has 0 aliphatic rings. The SMILES string of the molecule is C#CCOc1ccc([N+](=O)[O-])cc1C=O. The smallest absolute Gasteiger partial charge is 0.270 e. The summed E-state index contributed by atoms with van der Waals surface area (Å²) in [6.07, 6.45) is 5.46. The molecule has 0 fully saturated rings. The van der Waals surface area contributed by atoms with E-state index in [9.17, 15) is 14.9 Å². The van der Waals surface area contributed by atoms with Crippen LogP contribution in [-0.4, -0.2) is 17.8 Å². The van der Waals surface area contributed by atoms with Gasteiger partial charge in [-0.25, -0.2) is 0 Å². The fourth-order valence-electron chi connectivity index (χ4n) is 0.992. The summed E-state index contributed by atoms with van der Waals surface area (Å²) in [6, 6.07) is 3.73. The van der Waals surface area contributed by atoms with Crippen LogP contribution in [0.4, 0.5) is 5.69 Å². The van der Waals surface area contributed by atoms with Crippen molar-refractivity contribution in [3.05, 3.63) is 33.9 Å². The van der Waals surface area contributed by atoms with Gasteiger partial charge >= 0.3 is 0 Å². The normalized spacial score (nSPS) is 9.00. The summed E-state index contributed by atoms with van der Waals surface area (Å²) < 4.78 is 5.02. The van der Waals surface area contributed by atoms with Gasteiger partial charge in [0, 0.05) is 12.1 Å². The minimum absolute atomic E-state index is 0.0126. The van der Waals surface area contributed by atoms with Gasteiger partial charge in [0.25, 0.3) is 5.69 Å². The minimum atomic E-state index is -0.585. The van der Waals surface area contributed by atoms with Crippen molar-refractivity contribution in [3.8, 4) is 18.1 Å². The van der Waals surface area contributed by atoms with E-state index in [0.717, 1.165) is 6.07 Å². The van der Waals surface area contributed by atoms with E-state index in [-0.39, 0.29) is 23.6 Å². The topological polar surface area (TPSA) is 69.4 Å². The number of hydrogen-bond acceptors (Lipinski definition) is 4. The number of carbonyl (C=O) groups excluding carboxylic acids is 1. The first-order valence-electron chi connectivity index (χ1n) is 3.99. The lowest BCUT2D eigenvalue weighted by molar-refractivity contribution is -0.384. The molecule has 0 amide bonds. The van der Waals surface area contributed by atoms with E-state index in [1.807, 2.05) is 0 Å². The van der Waals surface area contributed by atoms with Gasteiger partial charge < -0.3 is 4.74 Å². The number of nitrogens with zero attached hydrogens (tertiary/aromatic N) is 1. The number of nitro benzene ring substituents is 1. The zero-order valence-corrected chi connectivity index (χ0v) is 7.67. The van der Waals surface area contributed by atoms with Crippen molar-refractivity contribution in [3.63, 3.8) is 0 Å². The number of hydrogen-bond donors (Lipinski definition) is 0. The number of carbonyl (C=O) groups is 1. The molecular formula is C10H7NO4. The van der Waals surface area contributed by atoms with Crippen LogP contribution in [0.15, 0.2) is 18.2 Å². The second-order valence-electron chi connectivity index (χ2n) is 2.59. The Bertz CT molecular complexity index is 434. The van der Waals surface area contributed by atoms with Gasteiger partial charge in [-0.2, -0.15) is 0 Å². The predicted molar refractivity (Wildman–Crippen MR) is 52.8 cm³/mol. The third-order valence-corrected chi connectivity index (χ3v) is 1.64. The Hall–Kier alpha value is -2.35. The zero-order chi connectivity index (χ0) is 11.3. The lowest BCUT2D eigenvalue weighted by Crippen LogP contribution is -1.98. The van der Waals surface area contributed by atoms with Crippen LogP contribution in [-0.2, 0) is 0 Å². The molecule has 0 aromatic heterocycles. The van der Waals surface area contributed by atoms with Crippen LogP contribution in [0.3, 0.4) is 0 Å². The maximum Gasteiger partial charge on any atom is 0.270 e. The molecule has 0 atom stereocenters. The van der Waals surface area contributed by atoms with Crippen molar-refractivity contribution < 1.29 is 14.5 Å². The molecule has 0 saturated carbocycles. The maximum atomic E-state index is 10.6. The molecule has 0 radical (unpaired) electrons. The van der Waals surface area contributed by atoms with Crippen LogP contribution in [0.25, 0.3) is 0 Å². The van der Waals surface area contributed by atoms with E-state index < -0.39 is 4.92 Å². The largest absolute Gasteiger partial charge is 0.480 e. The number of benzene rings is 1. The molecule has 0 bridgehead atoms. The standard InChI is InChI=1S/C10H7NO4/c1-2-5-15-10-4-3-9(11(13)14)6-8(10)7-12/h1,3-4,6-7H,5H2. The Morgan fingerprint density at radius 3 is 2.87 bits per heavy atom. The van der Waals surface area contributed by atoms with Gasteiger partial charge in [-0.1, -0.05) is 5.92 Å². The summed E-state index contributed by atoms with van der Waals surface area (Å²) in [5, 5.41) is 10.4. The Labute approximate surface area is 85.8 Å². The third-order valence-electron chi connectivity index (χ3n) is 1.64. The average molecular weight is 205 g/mol. The highest BCUT2D eigenvalue weighted by molar-refractivity contribution is 5.80. The number of nitro groups is 1. The van der Waals surface area contributed by atoms with E-state index in [2.05, 4.69) is 5.92 Å². The van der Waals surface area contributed by atoms with Crippen LogP contribution < -0.4 is 4.74 Å². The van der Waals surface area contributed by atoms with Crippen molar-refractivity contribution in [1.29, 1.82) is 0 Å². The van der Waals surface area contributed by atoms with Crippen LogP contribution >= 0.6 is 0 Å². The predicted octanol–water partition coefficient (Wildman–Crippen LogP) is 1.42. The molecule has 5 nitrogen and oxygen atoms in total.